The molecule has 1 atom stereocenters. The summed E-state index contributed by atoms with van der Waals surface area (Å²) in [6.45, 7) is 5.23. The summed E-state index contributed by atoms with van der Waals surface area (Å²) < 4.78 is 16.9. The number of carboxylic acids is 1. The summed E-state index contributed by atoms with van der Waals surface area (Å²) in [5, 5.41) is 11.2. The van der Waals surface area contributed by atoms with Gasteiger partial charge in [-0.15, -0.1) is 0 Å². The van der Waals surface area contributed by atoms with E-state index < -0.39 is 28.5 Å². The molecule has 0 aliphatic heterocycles. The number of alkyl carbamates (subject to hydrolysis) is 1. The zero-order chi connectivity index (χ0) is 16.0. The minimum Gasteiger partial charge on any atom is -0.478 e. The van der Waals surface area contributed by atoms with Crippen LogP contribution in [-0.4, -0.2) is 32.9 Å². The fraction of sp³-hybridized carbons (Fsp3) is 0.429. The summed E-state index contributed by atoms with van der Waals surface area (Å²) in [5.74, 6) is -0.792. The zero-order valence-corrected chi connectivity index (χ0v) is 13.0. The van der Waals surface area contributed by atoms with Gasteiger partial charge in [-0.05, 0) is 38.5 Å². The molecule has 0 aromatic heterocycles. The SMILES string of the molecule is CC(C)(C)OC(=O)NCS(=O)Cc1ccc(C(=O)O)cc1. The van der Waals surface area contributed by atoms with Crippen molar-refractivity contribution >= 4 is 22.9 Å². The molecule has 1 rings (SSSR count). The molecule has 0 saturated heterocycles. The molecule has 0 aliphatic rings. The molecular formula is C14H19NO5S. The van der Waals surface area contributed by atoms with E-state index >= 15 is 0 Å². The van der Waals surface area contributed by atoms with Crippen molar-refractivity contribution in [3.05, 3.63) is 35.4 Å². The molecule has 0 aliphatic carbocycles. The van der Waals surface area contributed by atoms with E-state index in [-0.39, 0.29) is 17.2 Å². The zero-order valence-electron chi connectivity index (χ0n) is 12.2. The average Bonchev–Trinajstić information content (AvgIpc) is 2.35. The maximum absolute atomic E-state index is 11.8. The van der Waals surface area contributed by atoms with Crippen molar-refractivity contribution in [3.8, 4) is 0 Å². The summed E-state index contributed by atoms with van der Waals surface area (Å²) >= 11 is 0. The number of benzene rings is 1. The Morgan fingerprint density at radius 3 is 2.29 bits per heavy atom. The van der Waals surface area contributed by atoms with Crippen LogP contribution in [0.3, 0.4) is 0 Å². The maximum atomic E-state index is 11.8. The molecule has 0 spiro atoms. The van der Waals surface area contributed by atoms with Gasteiger partial charge < -0.3 is 15.2 Å². The van der Waals surface area contributed by atoms with Crippen LogP contribution in [0.25, 0.3) is 0 Å². The molecule has 7 heteroatoms. The molecule has 0 fully saturated rings. The lowest BCUT2D eigenvalue weighted by atomic mass is 10.1. The average molecular weight is 313 g/mol. The van der Waals surface area contributed by atoms with Crippen molar-refractivity contribution in [1.82, 2.24) is 5.32 Å². The van der Waals surface area contributed by atoms with E-state index in [4.69, 9.17) is 9.84 Å². The highest BCUT2D eigenvalue weighted by molar-refractivity contribution is 7.84. The van der Waals surface area contributed by atoms with E-state index in [0.717, 1.165) is 5.56 Å². The second-order valence-electron chi connectivity index (χ2n) is 5.41. The van der Waals surface area contributed by atoms with Crippen LogP contribution in [0, 0.1) is 0 Å². The van der Waals surface area contributed by atoms with Gasteiger partial charge in [-0.3, -0.25) is 4.21 Å². The highest BCUT2D eigenvalue weighted by Gasteiger charge is 2.16. The van der Waals surface area contributed by atoms with E-state index in [2.05, 4.69) is 5.32 Å². The first-order chi connectivity index (χ1) is 9.67. The van der Waals surface area contributed by atoms with Gasteiger partial charge in [0.1, 0.15) is 5.60 Å². The van der Waals surface area contributed by atoms with Crippen molar-refractivity contribution in [3.63, 3.8) is 0 Å². The molecule has 1 amide bonds. The van der Waals surface area contributed by atoms with Crippen LogP contribution in [0.4, 0.5) is 4.79 Å². The number of carbonyl (C=O) groups is 2. The maximum Gasteiger partial charge on any atom is 0.408 e. The molecule has 6 nitrogen and oxygen atoms in total. The van der Waals surface area contributed by atoms with Crippen molar-refractivity contribution in [2.75, 3.05) is 5.88 Å². The fourth-order valence-electron chi connectivity index (χ4n) is 1.43. The second kappa shape index (κ2) is 7.21. The molecule has 0 heterocycles. The largest absolute Gasteiger partial charge is 0.478 e. The van der Waals surface area contributed by atoms with Gasteiger partial charge in [0.25, 0.3) is 0 Å². The van der Waals surface area contributed by atoms with Gasteiger partial charge in [-0.25, -0.2) is 9.59 Å². The highest BCUT2D eigenvalue weighted by Crippen LogP contribution is 2.08. The van der Waals surface area contributed by atoms with Gasteiger partial charge in [0.15, 0.2) is 0 Å². The monoisotopic (exact) mass is 313 g/mol. The van der Waals surface area contributed by atoms with Gasteiger partial charge in [-0.1, -0.05) is 12.1 Å². The molecule has 0 bridgehead atoms. The predicted molar refractivity (Wildman–Crippen MR) is 79.5 cm³/mol. The van der Waals surface area contributed by atoms with Crippen molar-refractivity contribution < 1.29 is 23.6 Å². The second-order valence-corrected chi connectivity index (χ2v) is 6.87. The van der Waals surface area contributed by atoms with Gasteiger partial charge in [0.05, 0.1) is 17.2 Å². The van der Waals surface area contributed by atoms with Crippen molar-refractivity contribution in [2.24, 2.45) is 0 Å². The van der Waals surface area contributed by atoms with Gasteiger partial charge in [-0.2, -0.15) is 0 Å². The molecule has 0 radical (unpaired) electrons. The first kappa shape index (κ1) is 17.2. The number of hydrogen-bond acceptors (Lipinski definition) is 4. The Balaban J connectivity index is 2.43. The molecule has 21 heavy (non-hydrogen) atoms. The summed E-state index contributed by atoms with van der Waals surface area (Å²) in [7, 11) is -1.30. The third-order valence-corrected chi connectivity index (χ3v) is 3.43. The molecule has 0 saturated carbocycles. The number of amides is 1. The fourth-order valence-corrected chi connectivity index (χ4v) is 2.38. The quantitative estimate of drug-likeness (QED) is 0.868. The number of carboxylic acid groups (broad SMARTS) is 1. The lowest BCUT2D eigenvalue weighted by molar-refractivity contribution is 0.0537. The number of hydrogen-bond donors (Lipinski definition) is 2. The molecule has 2 N–H and O–H groups in total. The van der Waals surface area contributed by atoms with Crippen LogP contribution in [0.15, 0.2) is 24.3 Å². The van der Waals surface area contributed by atoms with Crippen LogP contribution < -0.4 is 5.32 Å². The first-order valence-electron chi connectivity index (χ1n) is 6.31. The van der Waals surface area contributed by atoms with Crippen LogP contribution in [0.2, 0.25) is 0 Å². The third-order valence-electron chi connectivity index (χ3n) is 2.30. The van der Waals surface area contributed by atoms with Gasteiger partial charge in [0, 0.05) is 10.8 Å². The summed E-state index contributed by atoms with van der Waals surface area (Å²) in [5.41, 5.74) is 0.318. The Morgan fingerprint density at radius 2 is 1.81 bits per heavy atom. The van der Waals surface area contributed by atoms with Crippen molar-refractivity contribution in [1.29, 1.82) is 0 Å². The number of aromatic carboxylic acids is 1. The number of rotatable bonds is 5. The third kappa shape index (κ3) is 6.89. The Kier molecular flexibility index (Phi) is 5.90. The molecular weight excluding hydrogens is 294 g/mol. The number of nitrogens with one attached hydrogen (secondary N) is 1. The van der Waals surface area contributed by atoms with E-state index in [1.165, 1.54) is 12.1 Å². The minimum absolute atomic E-state index is 0.0183. The van der Waals surface area contributed by atoms with Crippen LogP contribution in [-0.2, 0) is 21.3 Å². The molecule has 1 aromatic carbocycles. The van der Waals surface area contributed by atoms with E-state index in [0.29, 0.717) is 0 Å². The lowest BCUT2D eigenvalue weighted by Crippen LogP contribution is -2.34. The van der Waals surface area contributed by atoms with Crippen LogP contribution in [0.1, 0.15) is 36.7 Å². The lowest BCUT2D eigenvalue weighted by Gasteiger charge is -2.19. The first-order valence-corrected chi connectivity index (χ1v) is 7.80. The summed E-state index contributed by atoms with van der Waals surface area (Å²) in [6.07, 6.45) is -0.614. The standard InChI is InChI=1S/C14H19NO5S/c1-14(2,3)20-13(18)15-9-21(19)8-10-4-6-11(7-5-10)12(16)17/h4-7H,8-9H2,1-3H3,(H,15,18)(H,16,17). The summed E-state index contributed by atoms with van der Waals surface area (Å²) in [6, 6.07) is 6.12. The topological polar surface area (TPSA) is 92.7 Å². The van der Waals surface area contributed by atoms with E-state index in [1.54, 1.807) is 32.9 Å². The molecule has 1 aromatic rings. The predicted octanol–water partition coefficient (Wildman–Crippen LogP) is 2.12. The van der Waals surface area contributed by atoms with E-state index in [9.17, 15) is 13.8 Å². The summed E-state index contributed by atoms with van der Waals surface area (Å²) in [4.78, 5) is 22.1. The van der Waals surface area contributed by atoms with Gasteiger partial charge in [0.2, 0.25) is 0 Å². The van der Waals surface area contributed by atoms with Crippen LogP contribution in [0.5, 0.6) is 0 Å². The van der Waals surface area contributed by atoms with Crippen molar-refractivity contribution in [2.45, 2.75) is 32.1 Å². The normalized spacial score (nSPS) is 12.5. The number of carbonyl (C=O) groups excluding carboxylic acids is 1. The van der Waals surface area contributed by atoms with Crippen LogP contribution >= 0.6 is 0 Å². The van der Waals surface area contributed by atoms with Gasteiger partial charge >= 0.3 is 12.1 Å². The highest BCUT2D eigenvalue weighted by atomic mass is 32.2. The van der Waals surface area contributed by atoms with E-state index in [1.807, 2.05) is 0 Å². The Hall–Kier alpha value is -1.89. The minimum atomic E-state index is -1.30. The Labute approximate surface area is 126 Å². The molecule has 116 valence electrons. The smallest absolute Gasteiger partial charge is 0.408 e. The molecule has 1 unspecified atom stereocenters. The Bertz CT molecular complexity index is 533. The Morgan fingerprint density at radius 1 is 1.24 bits per heavy atom. The number of ether oxygens (including phenoxy) is 1.